The van der Waals surface area contributed by atoms with Crippen LogP contribution >= 0.6 is 0 Å². The Morgan fingerprint density at radius 2 is 2.14 bits per heavy atom. The quantitative estimate of drug-likeness (QED) is 0.713. The molecule has 0 spiro atoms. The van der Waals surface area contributed by atoms with E-state index >= 15 is 0 Å². The van der Waals surface area contributed by atoms with E-state index in [-0.39, 0.29) is 12.5 Å². The predicted octanol–water partition coefficient (Wildman–Crippen LogP) is 1.66. The van der Waals surface area contributed by atoms with Gasteiger partial charge in [0.15, 0.2) is 0 Å². The Labute approximate surface area is 81.6 Å². The molecule has 0 bridgehead atoms. The highest BCUT2D eigenvalue weighted by Gasteiger charge is 2.00. The molecular weight excluding hydrogens is 182 g/mol. The van der Waals surface area contributed by atoms with Crippen molar-refractivity contribution in [3.63, 3.8) is 0 Å². The highest BCUT2D eigenvalue weighted by Crippen LogP contribution is 2.14. The van der Waals surface area contributed by atoms with Crippen molar-refractivity contribution < 1.29 is 9.53 Å². The van der Waals surface area contributed by atoms with Gasteiger partial charge in [0.1, 0.15) is 12.3 Å². The minimum Gasteiger partial charge on any atom is -0.497 e. The number of ether oxygens (including phenoxy) is 1. The van der Waals surface area contributed by atoms with Gasteiger partial charge in [-0.15, -0.1) is 0 Å². The van der Waals surface area contributed by atoms with Crippen molar-refractivity contribution in [2.24, 2.45) is 5.11 Å². The minimum atomic E-state index is -0.301. The molecule has 14 heavy (non-hydrogen) atoms. The SMILES string of the molecule is COc1ccc(NC(=O)CN=N)cc1. The molecule has 1 rings (SSSR count). The molecule has 0 aliphatic rings. The van der Waals surface area contributed by atoms with Gasteiger partial charge in [0.05, 0.1) is 7.11 Å². The molecule has 5 nitrogen and oxygen atoms in total. The van der Waals surface area contributed by atoms with Crippen molar-refractivity contribution in [2.45, 2.75) is 0 Å². The largest absolute Gasteiger partial charge is 0.497 e. The Bertz CT molecular complexity index is 321. The van der Waals surface area contributed by atoms with Crippen molar-refractivity contribution in [2.75, 3.05) is 19.0 Å². The summed E-state index contributed by atoms with van der Waals surface area (Å²) in [5.41, 5.74) is 7.17. The van der Waals surface area contributed by atoms with Crippen LogP contribution in [0.2, 0.25) is 0 Å². The second-order valence-corrected chi connectivity index (χ2v) is 2.59. The fraction of sp³-hybridized carbons (Fsp3) is 0.222. The maximum atomic E-state index is 11.0. The summed E-state index contributed by atoms with van der Waals surface area (Å²) in [6.45, 7) is -0.147. The van der Waals surface area contributed by atoms with E-state index in [0.29, 0.717) is 5.69 Å². The topological polar surface area (TPSA) is 74.5 Å². The smallest absolute Gasteiger partial charge is 0.247 e. The Morgan fingerprint density at radius 3 is 2.64 bits per heavy atom. The molecule has 0 saturated heterocycles. The van der Waals surface area contributed by atoms with E-state index in [9.17, 15) is 4.79 Å². The van der Waals surface area contributed by atoms with Crippen LogP contribution in [0.1, 0.15) is 0 Å². The van der Waals surface area contributed by atoms with E-state index in [2.05, 4.69) is 10.4 Å². The molecule has 0 heterocycles. The van der Waals surface area contributed by atoms with Crippen molar-refractivity contribution in [1.82, 2.24) is 0 Å². The van der Waals surface area contributed by atoms with Gasteiger partial charge >= 0.3 is 0 Å². The van der Waals surface area contributed by atoms with Gasteiger partial charge in [-0.1, -0.05) is 0 Å². The van der Waals surface area contributed by atoms with Crippen LogP contribution in [-0.4, -0.2) is 19.6 Å². The van der Waals surface area contributed by atoms with Gasteiger partial charge in [-0.2, -0.15) is 5.11 Å². The molecule has 0 unspecified atom stereocenters. The van der Waals surface area contributed by atoms with Crippen LogP contribution in [-0.2, 0) is 4.79 Å². The molecule has 0 aromatic heterocycles. The van der Waals surface area contributed by atoms with E-state index in [1.165, 1.54) is 0 Å². The Balaban J connectivity index is 2.59. The third kappa shape index (κ3) is 2.85. The summed E-state index contributed by atoms with van der Waals surface area (Å²) in [5.74, 6) is 0.429. The second kappa shape index (κ2) is 4.96. The molecule has 0 atom stereocenters. The number of carbonyl (C=O) groups is 1. The summed E-state index contributed by atoms with van der Waals surface area (Å²) in [5, 5.41) is 5.56. The lowest BCUT2D eigenvalue weighted by Crippen LogP contribution is -2.14. The average molecular weight is 193 g/mol. The third-order valence-corrected chi connectivity index (χ3v) is 1.60. The second-order valence-electron chi connectivity index (χ2n) is 2.59. The first-order valence-corrected chi connectivity index (χ1v) is 4.03. The lowest BCUT2D eigenvalue weighted by molar-refractivity contribution is -0.115. The highest BCUT2D eigenvalue weighted by atomic mass is 16.5. The number of hydrogen-bond donors (Lipinski definition) is 2. The van der Waals surface area contributed by atoms with Gasteiger partial charge in [0, 0.05) is 5.69 Å². The summed E-state index contributed by atoms with van der Waals surface area (Å²) in [7, 11) is 1.58. The zero-order valence-electron chi connectivity index (χ0n) is 7.78. The fourth-order valence-electron chi connectivity index (χ4n) is 0.947. The maximum Gasteiger partial charge on any atom is 0.247 e. The van der Waals surface area contributed by atoms with Gasteiger partial charge in [0.25, 0.3) is 0 Å². The number of benzene rings is 1. The van der Waals surface area contributed by atoms with Crippen LogP contribution in [0.25, 0.3) is 0 Å². The van der Waals surface area contributed by atoms with Crippen LogP contribution in [0.5, 0.6) is 5.75 Å². The molecule has 5 heteroatoms. The summed E-state index contributed by atoms with van der Waals surface area (Å²) < 4.78 is 4.96. The van der Waals surface area contributed by atoms with Crippen molar-refractivity contribution >= 4 is 11.6 Å². The molecule has 0 saturated carbocycles. The summed E-state index contributed by atoms with van der Waals surface area (Å²) in [4.78, 5) is 11.0. The third-order valence-electron chi connectivity index (χ3n) is 1.60. The van der Waals surface area contributed by atoms with Gasteiger partial charge < -0.3 is 10.1 Å². The molecule has 0 fully saturated rings. The summed E-state index contributed by atoms with van der Waals surface area (Å²) >= 11 is 0. The molecule has 0 radical (unpaired) electrons. The molecule has 1 aromatic carbocycles. The number of anilines is 1. The van der Waals surface area contributed by atoms with Crippen LogP contribution in [0.15, 0.2) is 29.4 Å². The first-order chi connectivity index (χ1) is 6.76. The number of rotatable bonds is 4. The van der Waals surface area contributed by atoms with Crippen LogP contribution in [0.3, 0.4) is 0 Å². The van der Waals surface area contributed by atoms with Gasteiger partial charge in [0.2, 0.25) is 5.91 Å². The van der Waals surface area contributed by atoms with Crippen molar-refractivity contribution in [3.8, 4) is 5.75 Å². The van der Waals surface area contributed by atoms with Gasteiger partial charge in [-0.05, 0) is 24.3 Å². The Kier molecular flexibility index (Phi) is 3.60. The van der Waals surface area contributed by atoms with Crippen LogP contribution in [0.4, 0.5) is 5.69 Å². The van der Waals surface area contributed by atoms with E-state index in [4.69, 9.17) is 10.3 Å². The molecule has 1 aromatic rings. The first-order valence-electron chi connectivity index (χ1n) is 4.03. The van der Waals surface area contributed by atoms with Crippen molar-refractivity contribution in [3.05, 3.63) is 24.3 Å². The number of nitrogens with one attached hydrogen (secondary N) is 2. The van der Waals surface area contributed by atoms with Crippen LogP contribution in [0, 0.1) is 5.53 Å². The molecule has 0 aliphatic carbocycles. The van der Waals surface area contributed by atoms with Gasteiger partial charge in [-0.25, -0.2) is 5.53 Å². The monoisotopic (exact) mass is 193 g/mol. The number of hydrogen-bond acceptors (Lipinski definition) is 4. The van der Waals surface area contributed by atoms with E-state index in [1.54, 1.807) is 31.4 Å². The molecule has 0 aliphatic heterocycles. The minimum absolute atomic E-state index is 0.147. The zero-order valence-corrected chi connectivity index (χ0v) is 7.78. The van der Waals surface area contributed by atoms with Crippen molar-refractivity contribution in [1.29, 1.82) is 5.53 Å². The lowest BCUT2D eigenvalue weighted by atomic mass is 10.3. The molecular formula is C9H11N3O2. The zero-order chi connectivity index (χ0) is 10.4. The standard InChI is InChI=1S/C9H11N3O2/c1-14-8-4-2-7(3-5-8)12-9(13)6-11-10/h2-5,10H,6H2,1H3,(H,12,13). The molecule has 74 valence electrons. The highest BCUT2D eigenvalue weighted by molar-refractivity contribution is 5.92. The van der Waals surface area contributed by atoms with E-state index in [0.717, 1.165) is 5.75 Å². The average Bonchev–Trinajstić information content (AvgIpc) is 2.19. The Morgan fingerprint density at radius 1 is 1.50 bits per heavy atom. The number of methoxy groups -OCH3 is 1. The van der Waals surface area contributed by atoms with Crippen LogP contribution < -0.4 is 10.1 Å². The number of nitrogens with zero attached hydrogens (tertiary/aromatic N) is 1. The van der Waals surface area contributed by atoms with E-state index < -0.39 is 0 Å². The predicted molar refractivity (Wildman–Crippen MR) is 51.6 cm³/mol. The number of carbonyl (C=O) groups excluding carboxylic acids is 1. The van der Waals surface area contributed by atoms with Gasteiger partial charge in [-0.3, -0.25) is 4.79 Å². The summed E-state index contributed by atoms with van der Waals surface area (Å²) in [6, 6.07) is 6.93. The molecule has 2 N–H and O–H groups in total. The Hall–Kier alpha value is -1.91. The fourth-order valence-corrected chi connectivity index (χ4v) is 0.947. The first kappa shape index (κ1) is 10.2. The molecule has 1 amide bonds. The number of amides is 1. The lowest BCUT2D eigenvalue weighted by Gasteiger charge is -2.03. The maximum absolute atomic E-state index is 11.0. The summed E-state index contributed by atoms with van der Waals surface area (Å²) in [6.07, 6.45) is 0. The van der Waals surface area contributed by atoms with E-state index in [1.807, 2.05) is 0 Å². The normalized spacial score (nSPS) is 9.21.